The Morgan fingerprint density at radius 2 is 2.18 bits per heavy atom. The van der Waals surface area contributed by atoms with Gasteiger partial charge < -0.3 is 10.2 Å². The van der Waals surface area contributed by atoms with E-state index in [0.717, 1.165) is 4.68 Å². The van der Waals surface area contributed by atoms with E-state index in [9.17, 15) is 9.59 Å². The SMILES string of the molecule is CC(C)Nc1cnn(CC(=O)N(C)C)c(=O)c1. The number of carbonyl (C=O) groups is 1. The van der Waals surface area contributed by atoms with Crippen molar-refractivity contribution < 1.29 is 4.79 Å². The zero-order valence-electron chi connectivity index (χ0n) is 10.6. The predicted octanol–water partition coefficient (Wildman–Crippen LogP) is 0.152. The average Bonchev–Trinajstić information content (AvgIpc) is 2.20. The zero-order chi connectivity index (χ0) is 13.0. The largest absolute Gasteiger partial charge is 0.381 e. The minimum Gasteiger partial charge on any atom is -0.381 e. The molecule has 6 heteroatoms. The number of hydrogen-bond acceptors (Lipinski definition) is 4. The molecular formula is C11H18N4O2. The van der Waals surface area contributed by atoms with Gasteiger partial charge in [0.05, 0.1) is 11.9 Å². The fraction of sp³-hybridized carbons (Fsp3) is 0.545. The van der Waals surface area contributed by atoms with Crippen LogP contribution in [0.15, 0.2) is 17.1 Å². The molecule has 0 radical (unpaired) electrons. The lowest BCUT2D eigenvalue weighted by molar-refractivity contribution is -0.129. The highest BCUT2D eigenvalue weighted by Gasteiger charge is 2.08. The molecule has 17 heavy (non-hydrogen) atoms. The summed E-state index contributed by atoms with van der Waals surface area (Å²) < 4.78 is 1.15. The van der Waals surface area contributed by atoms with Crippen molar-refractivity contribution in [2.75, 3.05) is 19.4 Å². The lowest BCUT2D eigenvalue weighted by atomic mass is 10.3. The Kier molecular flexibility index (Phi) is 4.25. The van der Waals surface area contributed by atoms with E-state index >= 15 is 0 Å². The van der Waals surface area contributed by atoms with Gasteiger partial charge in [0.25, 0.3) is 5.56 Å². The van der Waals surface area contributed by atoms with E-state index in [-0.39, 0.29) is 24.1 Å². The van der Waals surface area contributed by atoms with Crippen LogP contribution in [0.5, 0.6) is 0 Å². The van der Waals surface area contributed by atoms with Crippen LogP contribution in [0.3, 0.4) is 0 Å². The third-order valence-electron chi connectivity index (χ3n) is 2.11. The first-order valence-electron chi connectivity index (χ1n) is 5.44. The Morgan fingerprint density at radius 1 is 1.53 bits per heavy atom. The van der Waals surface area contributed by atoms with Crippen molar-refractivity contribution in [3.05, 3.63) is 22.6 Å². The summed E-state index contributed by atoms with van der Waals surface area (Å²) in [7, 11) is 3.28. The summed E-state index contributed by atoms with van der Waals surface area (Å²) in [6.07, 6.45) is 1.55. The Labute approximate surface area is 100 Å². The summed E-state index contributed by atoms with van der Waals surface area (Å²) in [5.41, 5.74) is 0.379. The lowest BCUT2D eigenvalue weighted by Gasteiger charge is -2.12. The molecule has 0 atom stereocenters. The van der Waals surface area contributed by atoms with Crippen LogP contribution in [0, 0.1) is 0 Å². The van der Waals surface area contributed by atoms with Gasteiger partial charge in [-0.2, -0.15) is 5.10 Å². The molecule has 1 aromatic heterocycles. The molecule has 1 amide bonds. The van der Waals surface area contributed by atoms with Crippen LogP contribution < -0.4 is 10.9 Å². The number of carbonyl (C=O) groups excluding carboxylic acids is 1. The minimum absolute atomic E-state index is 0.0339. The van der Waals surface area contributed by atoms with Gasteiger partial charge in [-0.25, -0.2) is 4.68 Å². The van der Waals surface area contributed by atoms with Gasteiger partial charge in [-0.15, -0.1) is 0 Å². The number of hydrogen-bond donors (Lipinski definition) is 1. The normalized spacial score (nSPS) is 10.4. The minimum atomic E-state index is -0.286. The number of aromatic nitrogens is 2. The molecule has 0 bridgehead atoms. The van der Waals surface area contributed by atoms with Crippen LogP contribution in [0.2, 0.25) is 0 Å². The Bertz CT molecular complexity index is 451. The number of nitrogens with zero attached hydrogens (tertiary/aromatic N) is 3. The van der Waals surface area contributed by atoms with Crippen molar-refractivity contribution in [3.8, 4) is 0 Å². The third kappa shape index (κ3) is 3.90. The maximum absolute atomic E-state index is 11.7. The molecule has 0 fully saturated rings. The number of anilines is 1. The zero-order valence-corrected chi connectivity index (χ0v) is 10.6. The van der Waals surface area contributed by atoms with E-state index < -0.39 is 0 Å². The summed E-state index contributed by atoms with van der Waals surface area (Å²) >= 11 is 0. The van der Waals surface area contributed by atoms with Gasteiger partial charge in [0, 0.05) is 26.2 Å². The van der Waals surface area contributed by atoms with Crippen LogP contribution in [0.4, 0.5) is 5.69 Å². The fourth-order valence-electron chi connectivity index (χ4n) is 1.23. The van der Waals surface area contributed by atoms with Crippen LogP contribution in [-0.2, 0) is 11.3 Å². The second kappa shape index (κ2) is 5.47. The van der Waals surface area contributed by atoms with E-state index in [1.807, 2.05) is 13.8 Å². The number of nitrogens with one attached hydrogen (secondary N) is 1. The molecule has 1 N–H and O–H groups in total. The molecule has 6 nitrogen and oxygen atoms in total. The van der Waals surface area contributed by atoms with Crippen LogP contribution in [-0.4, -0.2) is 40.7 Å². The van der Waals surface area contributed by atoms with Crippen LogP contribution in [0.25, 0.3) is 0 Å². The molecule has 1 rings (SSSR count). The highest BCUT2D eigenvalue weighted by molar-refractivity contribution is 5.75. The van der Waals surface area contributed by atoms with Crippen molar-refractivity contribution in [1.82, 2.24) is 14.7 Å². The molecule has 1 heterocycles. The average molecular weight is 238 g/mol. The van der Waals surface area contributed by atoms with E-state index in [1.165, 1.54) is 11.0 Å². The molecule has 0 saturated heterocycles. The molecular weight excluding hydrogens is 220 g/mol. The molecule has 94 valence electrons. The van der Waals surface area contributed by atoms with Crippen molar-refractivity contribution in [2.45, 2.75) is 26.4 Å². The van der Waals surface area contributed by atoms with E-state index in [1.54, 1.807) is 20.3 Å². The van der Waals surface area contributed by atoms with Gasteiger partial charge in [-0.3, -0.25) is 9.59 Å². The molecule has 0 spiro atoms. The molecule has 0 aliphatic rings. The van der Waals surface area contributed by atoms with Gasteiger partial charge in [0.2, 0.25) is 5.91 Å². The second-order valence-electron chi connectivity index (χ2n) is 4.33. The summed E-state index contributed by atoms with van der Waals surface area (Å²) in [6.45, 7) is 3.91. The number of likely N-dealkylation sites (N-methyl/N-ethyl adjacent to an activating group) is 1. The quantitative estimate of drug-likeness (QED) is 0.811. The highest BCUT2D eigenvalue weighted by atomic mass is 16.2. The molecule has 0 unspecified atom stereocenters. The van der Waals surface area contributed by atoms with Crippen molar-refractivity contribution in [3.63, 3.8) is 0 Å². The van der Waals surface area contributed by atoms with Crippen molar-refractivity contribution in [1.29, 1.82) is 0 Å². The van der Waals surface area contributed by atoms with E-state index in [2.05, 4.69) is 10.4 Å². The molecule has 0 saturated carbocycles. The highest BCUT2D eigenvalue weighted by Crippen LogP contribution is 2.01. The van der Waals surface area contributed by atoms with Crippen molar-refractivity contribution >= 4 is 11.6 Å². The Morgan fingerprint density at radius 3 is 2.65 bits per heavy atom. The summed E-state index contributed by atoms with van der Waals surface area (Å²) in [4.78, 5) is 24.5. The predicted molar refractivity (Wildman–Crippen MR) is 65.9 cm³/mol. The maximum Gasteiger partial charge on any atom is 0.269 e. The molecule has 0 aromatic carbocycles. The first-order valence-corrected chi connectivity index (χ1v) is 5.44. The smallest absolute Gasteiger partial charge is 0.269 e. The van der Waals surface area contributed by atoms with Gasteiger partial charge in [-0.05, 0) is 13.8 Å². The van der Waals surface area contributed by atoms with Crippen LogP contribution in [0.1, 0.15) is 13.8 Å². The van der Waals surface area contributed by atoms with E-state index in [4.69, 9.17) is 0 Å². The standard InChI is InChI=1S/C11H18N4O2/c1-8(2)13-9-5-10(16)15(12-6-9)7-11(17)14(3)4/h5-6,8,13H,7H2,1-4H3. The first-order chi connectivity index (χ1) is 7.90. The van der Waals surface area contributed by atoms with Gasteiger partial charge in [0.15, 0.2) is 0 Å². The van der Waals surface area contributed by atoms with Gasteiger partial charge >= 0.3 is 0 Å². The second-order valence-corrected chi connectivity index (χ2v) is 4.33. The third-order valence-corrected chi connectivity index (χ3v) is 2.11. The Hall–Kier alpha value is -1.85. The topological polar surface area (TPSA) is 67.2 Å². The van der Waals surface area contributed by atoms with Crippen molar-refractivity contribution in [2.24, 2.45) is 0 Å². The summed E-state index contributed by atoms with van der Waals surface area (Å²) in [5, 5.41) is 7.03. The molecule has 0 aliphatic carbocycles. The van der Waals surface area contributed by atoms with E-state index in [0.29, 0.717) is 5.69 Å². The van der Waals surface area contributed by atoms with Gasteiger partial charge in [0.1, 0.15) is 6.54 Å². The Balaban J connectivity index is 2.83. The number of amides is 1. The lowest BCUT2D eigenvalue weighted by Crippen LogP contribution is -2.32. The summed E-state index contributed by atoms with van der Waals surface area (Å²) in [5.74, 6) is -0.163. The fourth-order valence-corrected chi connectivity index (χ4v) is 1.23. The number of rotatable bonds is 4. The van der Waals surface area contributed by atoms with Crippen LogP contribution >= 0.6 is 0 Å². The first kappa shape index (κ1) is 13.2. The molecule has 1 aromatic rings. The molecule has 0 aliphatic heterocycles. The van der Waals surface area contributed by atoms with Gasteiger partial charge in [-0.1, -0.05) is 0 Å². The summed E-state index contributed by atoms with van der Waals surface area (Å²) in [6, 6.07) is 1.67. The maximum atomic E-state index is 11.7. The monoisotopic (exact) mass is 238 g/mol.